The summed E-state index contributed by atoms with van der Waals surface area (Å²) in [6, 6.07) is 10.2. The fraction of sp³-hybridized carbons (Fsp3) is 0.118. The zero-order valence-corrected chi connectivity index (χ0v) is 16.1. The molecule has 0 radical (unpaired) electrons. The maximum atomic E-state index is 12.1. The van der Waals surface area contributed by atoms with E-state index >= 15 is 0 Å². The van der Waals surface area contributed by atoms with E-state index in [2.05, 4.69) is 36.4 Å². The van der Waals surface area contributed by atoms with Crippen LogP contribution in [0.4, 0.5) is 5.69 Å². The summed E-state index contributed by atoms with van der Waals surface area (Å²) in [5.41, 5.74) is 1.15. The lowest BCUT2D eigenvalue weighted by molar-refractivity contribution is -0.113. The molecule has 1 amide bonds. The maximum Gasteiger partial charge on any atom is 0.234 e. The minimum atomic E-state index is -0.199. The van der Waals surface area contributed by atoms with E-state index in [0.29, 0.717) is 33.7 Å². The molecule has 1 aliphatic rings. The molecule has 0 spiro atoms. The van der Waals surface area contributed by atoms with Crippen LogP contribution in [0.25, 0.3) is 11.4 Å². The van der Waals surface area contributed by atoms with Gasteiger partial charge in [0, 0.05) is 16.2 Å². The Balaban J connectivity index is 1.37. The molecule has 4 rings (SSSR count). The highest BCUT2D eigenvalue weighted by atomic mass is 79.9. The Labute approximate surface area is 166 Å². The summed E-state index contributed by atoms with van der Waals surface area (Å²) >= 11 is 4.54. The fourth-order valence-corrected chi connectivity index (χ4v) is 3.39. The highest BCUT2D eigenvalue weighted by Crippen LogP contribution is 2.34. The third-order valence-electron chi connectivity index (χ3n) is 3.67. The normalized spacial score (nSPS) is 12.2. The molecule has 0 saturated carbocycles. The molecule has 0 fully saturated rings. The molecule has 3 aromatic rings. The first-order valence-corrected chi connectivity index (χ1v) is 9.60. The van der Waals surface area contributed by atoms with Crippen molar-refractivity contribution >= 4 is 39.3 Å². The second-order valence-electron chi connectivity index (χ2n) is 5.53. The molecule has 27 heavy (non-hydrogen) atoms. The number of H-pyrrole nitrogens is 1. The van der Waals surface area contributed by atoms with E-state index in [-0.39, 0.29) is 24.2 Å². The number of fused-ring (bicyclic) bond motifs is 1. The molecule has 2 heterocycles. The van der Waals surface area contributed by atoms with Gasteiger partial charge in [-0.1, -0.05) is 27.7 Å². The van der Waals surface area contributed by atoms with E-state index in [1.165, 1.54) is 11.8 Å². The smallest absolute Gasteiger partial charge is 0.234 e. The standard InChI is InChI=1S/C17H13BrN4O4S/c18-9-1-3-12(23)11(5-9)16-20-17(22-21-16)27-7-15(24)19-10-2-4-13-14(6-10)26-8-25-13/h1-6,23H,7-8H2,(H,19,24)(H,20,21,22). The average Bonchev–Trinajstić information content (AvgIpc) is 3.31. The number of phenols is 1. The number of amides is 1. The van der Waals surface area contributed by atoms with Crippen molar-refractivity contribution in [2.24, 2.45) is 0 Å². The molecule has 0 bridgehead atoms. The summed E-state index contributed by atoms with van der Waals surface area (Å²) in [7, 11) is 0. The van der Waals surface area contributed by atoms with Gasteiger partial charge in [-0.2, -0.15) is 0 Å². The lowest BCUT2D eigenvalue weighted by Gasteiger charge is -2.05. The number of hydrogen-bond acceptors (Lipinski definition) is 7. The first kappa shape index (κ1) is 17.7. The van der Waals surface area contributed by atoms with E-state index < -0.39 is 0 Å². The number of phenolic OH excluding ortho intramolecular Hbond substituents is 1. The van der Waals surface area contributed by atoms with Crippen molar-refractivity contribution in [3.8, 4) is 28.6 Å². The zero-order valence-electron chi connectivity index (χ0n) is 13.7. The number of aromatic amines is 1. The predicted molar refractivity (Wildman–Crippen MR) is 103 cm³/mol. The van der Waals surface area contributed by atoms with Crippen molar-refractivity contribution in [3.63, 3.8) is 0 Å². The number of aromatic hydroxyl groups is 1. The van der Waals surface area contributed by atoms with Crippen LogP contribution in [-0.2, 0) is 4.79 Å². The Morgan fingerprint density at radius 2 is 2.11 bits per heavy atom. The topological polar surface area (TPSA) is 109 Å². The van der Waals surface area contributed by atoms with Crippen LogP contribution in [0.5, 0.6) is 17.2 Å². The first-order valence-electron chi connectivity index (χ1n) is 7.82. The lowest BCUT2D eigenvalue weighted by Crippen LogP contribution is -2.14. The Morgan fingerprint density at radius 3 is 3.00 bits per heavy atom. The molecule has 1 aromatic heterocycles. The molecule has 138 valence electrons. The summed E-state index contributed by atoms with van der Waals surface area (Å²) in [4.78, 5) is 16.5. The van der Waals surface area contributed by atoms with E-state index in [4.69, 9.17) is 9.47 Å². The van der Waals surface area contributed by atoms with Gasteiger partial charge in [-0.3, -0.25) is 9.89 Å². The second kappa shape index (κ2) is 7.49. The number of nitrogens with zero attached hydrogens (tertiary/aromatic N) is 2. The van der Waals surface area contributed by atoms with Crippen LogP contribution >= 0.6 is 27.7 Å². The van der Waals surface area contributed by atoms with Gasteiger partial charge in [0.2, 0.25) is 17.9 Å². The van der Waals surface area contributed by atoms with Crippen molar-refractivity contribution in [1.82, 2.24) is 15.2 Å². The third-order valence-corrected chi connectivity index (χ3v) is 5.01. The van der Waals surface area contributed by atoms with Crippen molar-refractivity contribution < 1.29 is 19.4 Å². The number of nitrogens with one attached hydrogen (secondary N) is 2. The number of anilines is 1. The van der Waals surface area contributed by atoms with Gasteiger partial charge in [-0.25, -0.2) is 4.98 Å². The van der Waals surface area contributed by atoms with E-state index in [1.807, 2.05) is 0 Å². The number of rotatable bonds is 5. The fourth-order valence-electron chi connectivity index (χ4n) is 2.43. The molecule has 1 aliphatic heterocycles. The molecule has 0 saturated heterocycles. The van der Waals surface area contributed by atoms with E-state index in [9.17, 15) is 9.90 Å². The molecular formula is C17H13BrN4O4S. The van der Waals surface area contributed by atoms with Crippen LogP contribution in [0.3, 0.4) is 0 Å². The van der Waals surface area contributed by atoms with E-state index in [1.54, 1.807) is 36.4 Å². The van der Waals surface area contributed by atoms with Crippen LogP contribution < -0.4 is 14.8 Å². The number of carbonyl (C=O) groups is 1. The van der Waals surface area contributed by atoms with Gasteiger partial charge in [-0.05, 0) is 30.3 Å². The van der Waals surface area contributed by atoms with Crippen LogP contribution in [0.15, 0.2) is 46.0 Å². The molecule has 0 unspecified atom stereocenters. The minimum Gasteiger partial charge on any atom is -0.507 e. The number of benzene rings is 2. The van der Waals surface area contributed by atoms with Gasteiger partial charge < -0.3 is 19.9 Å². The largest absolute Gasteiger partial charge is 0.507 e. The minimum absolute atomic E-state index is 0.0893. The van der Waals surface area contributed by atoms with Crippen molar-refractivity contribution in [2.45, 2.75) is 5.16 Å². The van der Waals surface area contributed by atoms with Gasteiger partial charge >= 0.3 is 0 Å². The van der Waals surface area contributed by atoms with Gasteiger partial charge in [-0.15, -0.1) is 5.10 Å². The average molecular weight is 449 g/mol. The van der Waals surface area contributed by atoms with Crippen molar-refractivity contribution in [2.75, 3.05) is 17.9 Å². The number of thioether (sulfide) groups is 1. The molecule has 8 nitrogen and oxygen atoms in total. The Bertz CT molecular complexity index is 1010. The van der Waals surface area contributed by atoms with Gasteiger partial charge in [0.25, 0.3) is 0 Å². The summed E-state index contributed by atoms with van der Waals surface area (Å²) in [6.45, 7) is 0.184. The maximum absolute atomic E-state index is 12.1. The van der Waals surface area contributed by atoms with Gasteiger partial charge in [0.15, 0.2) is 17.3 Å². The number of ether oxygens (including phenoxy) is 2. The van der Waals surface area contributed by atoms with Gasteiger partial charge in [0.05, 0.1) is 11.3 Å². The SMILES string of the molecule is O=C(CSc1n[nH]c(-c2cc(Br)ccc2O)n1)Nc1ccc2c(c1)OCO2. The summed E-state index contributed by atoms with van der Waals surface area (Å²) in [5, 5.41) is 20.0. The number of carbonyl (C=O) groups excluding carboxylic acids is 1. The number of aromatic nitrogens is 3. The monoisotopic (exact) mass is 448 g/mol. The van der Waals surface area contributed by atoms with Crippen molar-refractivity contribution in [1.29, 1.82) is 0 Å². The predicted octanol–water partition coefficient (Wildman–Crippen LogP) is 3.40. The van der Waals surface area contributed by atoms with Crippen LogP contribution in [0.2, 0.25) is 0 Å². The first-order chi connectivity index (χ1) is 13.1. The van der Waals surface area contributed by atoms with Crippen LogP contribution in [0.1, 0.15) is 0 Å². The van der Waals surface area contributed by atoms with E-state index in [0.717, 1.165) is 4.47 Å². The zero-order chi connectivity index (χ0) is 18.8. The molecule has 0 aliphatic carbocycles. The summed E-state index contributed by atoms with van der Waals surface area (Å²) in [5.74, 6) is 1.71. The highest BCUT2D eigenvalue weighted by Gasteiger charge is 2.15. The molecular weight excluding hydrogens is 436 g/mol. The number of halogens is 1. The molecule has 2 aromatic carbocycles. The Morgan fingerprint density at radius 1 is 1.26 bits per heavy atom. The van der Waals surface area contributed by atoms with Crippen LogP contribution in [0, 0.1) is 0 Å². The Kier molecular flexibility index (Phi) is 4.90. The van der Waals surface area contributed by atoms with Crippen LogP contribution in [-0.4, -0.2) is 38.7 Å². The quantitative estimate of drug-likeness (QED) is 0.513. The lowest BCUT2D eigenvalue weighted by atomic mass is 10.2. The highest BCUT2D eigenvalue weighted by molar-refractivity contribution is 9.10. The summed E-state index contributed by atoms with van der Waals surface area (Å²) in [6.07, 6.45) is 0. The number of hydrogen-bond donors (Lipinski definition) is 3. The van der Waals surface area contributed by atoms with Crippen molar-refractivity contribution in [3.05, 3.63) is 40.9 Å². The Hall–Kier alpha value is -2.72. The van der Waals surface area contributed by atoms with Gasteiger partial charge in [0.1, 0.15) is 5.75 Å². The molecule has 3 N–H and O–H groups in total. The molecule has 0 atom stereocenters. The summed E-state index contributed by atoms with van der Waals surface area (Å²) < 4.78 is 11.3. The molecule has 10 heteroatoms. The second-order valence-corrected chi connectivity index (χ2v) is 7.39. The third kappa shape index (κ3) is 4.01.